The Bertz CT molecular complexity index is 457. The Balaban J connectivity index is 2.37. The van der Waals surface area contributed by atoms with Crippen molar-refractivity contribution in [3.8, 4) is 0 Å². The largest absolute Gasteiger partial charge is 0.309 e. The number of aryl methyl sites for hydroxylation is 1. The summed E-state index contributed by atoms with van der Waals surface area (Å²) in [5.74, 6) is -0.326. The Kier molecular flexibility index (Phi) is 2.91. The van der Waals surface area contributed by atoms with E-state index in [1.807, 2.05) is 20.8 Å². The molecule has 3 nitrogen and oxygen atoms in total. The van der Waals surface area contributed by atoms with Gasteiger partial charge in [-0.1, -0.05) is 6.07 Å². The summed E-state index contributed by atoms with van der Waals surface area (Å²) < 4.78 is 13.3. The van der Waals surface area contributed by atoms with Gasteiger partial charge in [0.15, 0.2) is 0 Å². The number of piperazine rings is 1. The van der Waals surface area contributed by atoms with Crippen LogP contribution in [0.5, 0.6) is 0 Å². The molecule has 1 aromatic rings. The SMILES string of the molecule is Cc1ccc(F)cc1N1CC(C)(C)NCC1=O. The van der Waals surface area contributed by atoms with Crippen molar-refractivity contribution in [2.24, 2.45) is 0 Å². The lowest BCUT2D eigenvalue weighted by molar-refractivity contribution is -0.119. The number of nitrogens with one attached hydrogen (secondary N) is 1. The third kappa shape index (κ3) is 2.47. The minimum atomic E-state index is -0.310. The van der Waals surface area contributed by atoms with Gasteiger partial charge in [0.2, 0.25) is 5.91 Å². The van der Waals surface area contributed by atoms with E-state index in [0.717, 1.165) is 5.56 Å². The summed E-state index contributed by atoms with van der Waals surface area (Å²) in [6, 6.07) is 4.54. The van der Waals surface area contributed by atoms with Gasteiger partial charge in [-0.2, -0.15) is 0 Å². The van der Waals surface area contributed by atoms with E-state index in [1.165, 1.54) is 12.1 Å². The first-order valence-corrected chi connectivity index (χ1v) is 5.71. The van der Waals surface area contributed by atoms with E-state index in [0.29, 0.717) is 18.8 Å². The van der Waals surface area contributed by atoms with Crippen molar-refractivity contribution in [1.82, 2.24) is 5.32 Å². The number of hydrogen-bond donors (Lipinski definition) is 1. The van der Waals surface area contributed by atoms with Crippen LogP contribution in [0.25, 0.3) is 0 Å². The molecular formula is C13H17FN2O. The summed E-state index contributed by atoms with van der Waals surface area (Å²) in [6.07, 6.45) is 0. The van der Waals surface area contributed by atoms with E-state index >= 15 is 0 Å². The maximum absolute atomic E-state index is 13.3. The lowest BCUT2D eigenvalue weighted by atomic mass is 10.0. The maximum Gasteiger partial charge on any atom is 0.241 e. The van der Waals surface area contributed by atoms with Crippen molar-refractivity contribution in [3.05, 3.63) is 29.6 Å². The summed E-state index contributed by atoms with van der Waals surface area (Å²) in [5, 5.41) is 3.16. The van der Waals surface area contributed by atoms with Crippen LogP contribution in [0, 0.1) is 12.7 Å². The van der Waals surface area contributed by atoms with Gasteiger partial charge in [0.1, 0.15) is 5.82 Å². The fourth-order valence-corrected chi connectivity index (χ4v) is 2.04. The van der Waals surface area contributed by atoms with E-state index in [1.54, 1.807) is 11.0 Å². The van der Waals surface area contributed by atoms with Crippen molar-refractivity contribution < 1.29 is 9.18 Å². The number of rotatable bonds is 1. The Morgan fingerprint density at radius 3 is 2.82 bits per heavy atom. The summed E-state index contributed by atoms with van der Waals surface area (Å²) in [4.78, 5) is 13.5. The van der Waals surface area contributed by atoms with Gasteiger partial charge in [0, 0.05) is 17.8 Å². The molecule has 1 amide bonds. The monoisotopic (exact) mass is 236 g/mol. The van der Waals surface area contributed by atoms with Crippen molar-refractivity contribution in [1.29, 1.82) is 0 Å². The van der Waals surface area contributed by atoms with Gasteiger partial charge < -0.3 is 10.2 Å². The Morgan fingerprint density at radius 1 is 1.41 bits per heavy atom. The van der Waals surface area contributed by atoms with Crippen molar-refractivity contribution in [3.63, 3.8) is 0 Å². The number of halogens is 1. The van der Waals surface area contributed by atoms with E-state index in [2.05, 4.69) is 5.32 Å². The van der Waals surface area contributed by atoms with Gasteiger partial charge >= 0.3 is 0 Å². The molecule has 1 aromatic carbocycles. The second-order valence-corrected chi connectivity index (χ2v) is 5.15. The fourth-order valence-electron chi connectivity index (χ4n) is 2.04. The number of carbonyl (C=O) groups excluding carboxylic acids is 1. The Morgan fingerprint density at radius 2 is 2.12 bits per heavy atom. The molecule has 0 aliphatic carbocycles. The summed E-state index contributed by atoms with van der Waals surface area (Å²) in [7, 11) is 0. The highest BCUT2D eigenvalue weighted by Crippen LogP contribution is 2.25. The molecule has 0 aromatic heterocycles. The molecule has 2 rings (SSSR count). The first-order chi connectivity index (χ1) is 7.89. The van der Waals surface area contributed by atoms with Crippen LogP contribution in [0.4, 0.5) is 10.1 Å². The molecular weight excluding hydrogens is 219 g/mol. The van der Waals surface area contributed by atoms with Crippen molar-refractivity contribution in [2.75, 3.05) is 18.0 Å². The zero-order valence-corrected chi connectivity index (χ0v) is 10.4. The number of hydrogen-bond acceptors (Lipinski definition) is 2. The lowest BCUT2D eigenvalue weighted by Crippen LogP contribution is -2.60. The highest BCUT2D eigenvalue weighted by molar-refractivity contribution is 5.96. The fraction of sp³-hybridized carbons (Fsp3) is 0.462. The molecule has 0 unspecified atom stereocenters. The minimum Gasteiger partial charge on any atom is -0.309 e. The van der Waals surface area contributed by atoms with Gasteiger partial charge in [-0.05, 0) is 38.5 Å². The average molecular weight is 236 g/mol. The highest BCUT2D eigenvalue weighted by atomic mass is 19.1. The maximum atomic E-state index is 13.3. The Hall–Kier alpha value is -1.42. The predicted molar refractivity (Wildman–Crippen MR) is 65.6 cm³/mol. The molecule has 0 radical (unpaired) electrons. The van der Waals surface area contributed by atoms with E-state index in [4.69, 9.17) is 0 Å². The second kappa shape index (κ2) is 4.11. The van der Waals surface area contributed by atoms with Crippen LogP contribution in [0.15, 0.2) is 18.2 Å². The van der Waals surface area contributed by atoms with Gasteiger partial charge in [0.05, 0.1) is 6.54 Å². The van der Waals surface area contributed by atoms with Crippen LogP contribution < -0.4 is 10.2 Å². The highest BCUT2D eigenvalue weighted by Gasteiger charge is 2.32. The molecule has 0 saturated carbocycles. The molecule has 0 atom stereocenters. The zero-order chi connectivity index (χ0) is 12.6. The number of anilines is 1. The van der Waals surface area contributed by atoms with E-state index in [9.17, 15) is 9.18 Å². The number of nitrogens with zero attached hydrogens (tertiary/aromatic N) is 1. The van der Waals surface area contributed by atoms with Gasteiger partial charge in [0.25, 0.3) is 0 Å². The standard InChI is InChI=1S/C13H17FN2O/c1-9-4-5-10(14)6-11(9)16-8-13(2,3)15-7-12(16)17/h4-6,15H,7-8H2,1-3H3. The van der Waals surface area contributed by atoms with Crippen LogP contribution >= 0.6 is 0 Å². The first kappa shape index (κ1) is 12.0. The molecule has 1 N–H and O–H groups in total. The molecule has 17 heavy (non-hydrogen) atoms. The third-order valence-electron chi connectivity index (χ3n) is 3.03. The zero-order valence-electron chi connectivity index (χ0n) is 10.4. The molecule has 1 aliphatic heterocycles. The molecule has 1 heterocycles. The van der Waals surface area contributed by atoms with Crippen molar-refractivity contribution >= 4 is 11.6 Å². The number of carbonyl (C=O) groups is 1. The average Bonchev–Trinajstić information content (AvgIpc) is 2.25. The summed E-state index contributed by atoms with van der Waals surface area (Å²) >= 11 is 0. The van der Waals surface area contributed by atoms with Crippen LogP contribution in [0.3, 0.4) is 0 Å². The van der Waals surface area contributed by atoms with Crippen LogP contribution in [0.2, 0.25) is 0 Å². The first-order valence-electron chi connectivity index (χ1n) is 5.71. The van der Waals surface area contributed by atoms with E-state index in [-0.39, 0.29) is 17.3 Å². The molecule has 1 fully saturated rings. The number of amides is 1. The molecule has 1 aliphatic rings. The molecule has 0 spiro atoms. The Labute approximate surface area is 101 Å². The smallest absolute Gasteiger partial charge is 0.241 e. The topological polar surface area (TPSA) is 32.3 Å². The summed E-state index contributed by atoms with van der Waals surface area (Å²) in [6.45, 7) is 6.79. The predicted octanol–water partition coefficient (Wildman–Crippen LogP) is 1.85. The lowest BCUT2D eigenvalue weighted by Gasteiger charge is -2.39. The van der Waals surface area contributed by atoms with Crippen LogP contribution in [0.1, 0.15) is 19.4 Å². The molecule has 4 heteroatoms. The molecule has 92 valence electrons. The molecule has 1 saturated heterocycles. The van der Waals surface area contributed by atoms with Crippen LogP contribution in [-0.4, -0.2) is 24.5 Å². The third-order valence-corrected chi connectivity index (χ3v) is 3.03. The van der Waals surface area contributed by atoms with Crippen molar-refractivity contribution in [2.45, 2.75) is 26.3 Å². The molecule has 0 bridgehead atoms. The quantitative estimate of drug-likeness (QED) is 0.807. The van der Waals surface area contributed by atoms with Gasteiger partial charge in [-0.3, -0.25) is 4.79 Å². The van der Waals surface area contributed by atoms with Gasteiger partial charge in [-0.15, -0.1) is 0 Å². The van der Waals surface area contributed by atoms with E-state index < -0.39 is 0 Å². The van der Waals surface area contributed by atoms with Gasteiger partial charge in [-0.25, -0.2) is 4.39 Å². The minimum absolute atomic E-state index is 0.0157. The second-order valence-electron chi connectivity index (χ2n) is 5.15. The normalized spacial score (nSPS) is 19.5. The summed E-state index contributed by atoms with van der Waals surface area (Å²) in [5.41, 5.74) is 1.44. The van der Waals surface area contributed by atoms with Crippen LogP contribution in [-0.2, 0) is 4.79 Å². The number of benzene rings is 1.